The first-order valence-corrected chi connectivity index (χ1v) is 7.03. The standard InChI is InChI=1S/C16H13ClN2O4/c1-10(20)12-4-2-3-5-13(12)19-15(21)9-23-16(22)14-8-11(17)6-7-18-14/h2-8H,9H2,1H3,(H,19,21). The molecule has 0 bridgehead atoms. The number of aromatic nitrogens is 1. The molecule has 1 heterocycles. The number of hydrogen-bond donors (Lipinski definition) is 1. The molecule has 2 aromatic rings. The van der Waals surface area contributed by atoms with Crippen molar-refractivity contribution in [1.29, 1.82) is 0 Å². The zero-order valence-electron chi connectivity index (χ0n) is 12.2. The van der Waals surface area contributed by atoms with Gasteiger partial charge in [-0.1, -0.05) is 23.7 Å². The number of carbonyl (C=O) groups is 3. The molecule has 1 aromatic heterocycles. The van der Waals surface area contributed by atoms with Crippen molar-refractivity contribution in [2.45, 2.75) is 6.92 Å². The first-order valence-electron chi connectivity index (χ1n) is 6.66. The lowest BCUT2D eigenvalue weighted by Gasteiger charge is -2.09. The quantitative estimate of drug-likeness (QED) is 0.672. The van der Waals surface area contributed by atoms with E-state index in [0.29, 0.717) is 16.3 Å². The first-order chi connectivity index (χ1) is 11.0. The Balaban J connectivity index is 1.96. The van der Waals surface area contributed by atoms with Crippen LogP contribution in [-0.4, -0.2) is 29.3 Å². The van der Waals surface area contributed by atoms with Gasteiger partial charge in [0.15, 0.2) is 12.4 Å². The van der Waals surface area contributed by atoms with Crippen LogP contribution < -0.4 is 5.32 Å². The van der Waals surface area contributed by atoms with Gasteiger partial charge in [-0.15, -0.1) is 0 Å². The van der Waals surface area contributed by atoms with E-state index in [0.717, 1.165) is 0 Å². The van der Waals surface area contributed by atoms with E-state index in [4.69, 9.17) is 16.3 Å². The van der Waals surface area contributed by atoms with Crippen LogP contribution in [0.4, 0.5) is 5.69 Å². The third kappa shape index (κ3) is 4.62. The molecule has 0 aliphatic carbocycles. The van der Waals surface area contributed by atoms with Crippen molar-refractivity contribution < 1.29 is 19.1 Å². The van der Waals surface area contributed by atoms with Crippen LogP contribution in [0.25, 0.3) is 0 Å². The number of carbonyl (C=O) groups excluding carboxylic acids is 3. The van der Waals surface area contributed by atoms with E-state index in [1.54, 1.807) is 24.3 Å². The normalized spacial score (nSPS) is 10.0. The van der Waals surface area contributed by atoms with Gasteiger partial charge in [-0.2, -0.15) is 0 Å². The average molecular weight is 333 g/mol. The molecule has 1 amide bonds. The fraction of sp³-hybridized carbons (Fsp3) is 0.125. The summed E-state index contributed by atoms with van der Waals surface area (Å²) < 4.78 is 4.86. The number of nitrogens with zero attached hydrogens (tertiary/aromatic N) is 1. The van der Waals surface area contributed by atoms with Gasteiger partial charge in [-0.05, 0) is 31.2 Å². The summed E-state index contributed by atoms with van der Waals surface area (Å²) in [4.78, 5) is 38.9. The predicted molar refractivity (Wildman–Crippen MR) is 84.6 cm³/mol. The van der Waals surface area contributed by atoms with Gasteiger partial charge in [-0.25, -0.2) is 9.78 Å². The van der Waals surface area contributed by atoms with Gasteiger partial charge < -0.3 is 10.1 Å². The predicted octanol–water partition coefficient (Wildman–Crippen LogP) is 2.73. The largest absolute Gasteiger partial charge is 0.451 e. The number of ether oxygens (including phenoxy) is 1. The van der Waals surface area contributed by atoms with Gasteiger partial charge in [0, 0.05) is 16.8 Å². The van der Waals surface area contributed by atoms with Gasteiger partial charge >= 0.3 is 5.97 Å². The number of anilines is 1. The minimum Gasteiger partial charge on any atom is -0.451 e. The van der Waals surface area contributed by atoms with Crippen LogP contribution in [0.3, 0.4) is 0 Å². The van der Waals surface area contributed by atoms with E-state index < -0.39 is 18.5 Å². The Morgan fingerprint density at radius 1 is 1.22 bits per heavy atom. The Morgan fingerprint density at radius 3 is 2.65 bits per heavy atom. The number of esters is 1. The van der Waals surface area contributed by atoms with Crippen LogP contribution in [0, 0.1) is 0 Å². The molecule has 0 unspecified atom stereocenters. The number of amides is 1. The molecule has 0 radical (unpaired) electrons. The number of nitrogens with one attached hydrogen (secondary N) is 1. The highest BCUT2D eigenvalue weighted by molar-refractivity contribution is 6.30. The van der Waals surface area contributed by atoms with Gasteiger partial charge in [-0.3, -0.25) is 9.59 Å². The Kier molecular flexibility index (Phi) is 5.43. The molecule has 0 fully saturated rings. The van der Waals surface area contributed by atoms with Crippen LogP contribution in [0.5, 0.6) is 0 Å². The molecule has 0 aliphatic rings. The Bertz CT molecular complexity index is 761. The fourth-order valence-corrected chi connectivity index (χ4v) is 1.97. The second kappa shape index (κ2) is 7.51. The second-order valence-electron chi connectivity index (χ2n) is 4.59. The number of ketones is 1. The van der Waals surface area contributed by atoms with Gasteiger partial charge in [0.05, 0.1) is 5.69 Å². The summed E-state index contributed by atoms with van der Waals surface area (Å²) >= 11 is 5.75. The maximum absolute atomic E-state index is 11.8. The minimum atomic E-state index is -0.762. The Morgan fingerprint density at radius 2 is 1.96 bits per heavy atom. The highest BCUT2D eigenvalue weighted by Gasteiger charge is 2.14. The number of halogens is 1. The Hall–Kier alpha value is -2.73. The van der Waals surface area contributed by atoms with E-state index in [9.17, 15) is 14.4 Å². The van der Waals surface area contributed by atoms with Crippen molar-refractivity contribution >= 4 is 34.9 Å². The summed E-state index contributed by atoms with van der Waals surface area (Å²) in [6, 6.07) is 9.42. The number of pyridine rings is 1. The van der Waals surface area contributed by atoms with Crippen LogP contribution in [0.2, 0.25) is 5.02 Å². The Labute approximate surface area is 137 Å². The van der Waals surface area contributed by atoms with Crippen molar-refractivity contribution in [3.8, 4) is 0 Å². The smallest absolute Gasteiger partial charge is 0.357 e. The lowest BCUT2D eigenvalue weighted by Crippen LogP contribution is -2.22. The number of hydrogen-bond acceptors (Lipinski definition) is 5. The van der Waals surface area contributed by atoms with Crippen molar-refractivity contribution in [3.63, 3.8) is 0 Å². The number of benzene rings is 1. The molecule has 0 atom stereocenters. The molecule has 0 saturated carbocycles. The lowest BCUT2D eigenvalue weighted by molar-refractivity contribution is -0.119. The van der Waals surface area contributed by atoms with Gasteiger partial charge in [0.25, 0.3) is 5.91 Å². The summed E-state index contributed by atoms with van der Waals surface area (Å²) in [7, 11) is 0. The van der Waals surface area contributed by atoms with E-state index in [1.165, 1.54) is 25.3 Å². The van der Waals surface area contributed by atoms with Crippen LogP contribution in [0.15, 0.2) is 42.6 Å². The summed E-state index contributed by atoms with van der Waals surface area (Å²) in [6.07, 6.45) is 1.36. The molecule has 6 nitrogen and oxygen atoms in total. The van der Waals surface area contributed by atoms with Crippen molar-refractivity contribution in [3.05, 3.63) is 58.9 Å². The molecule has 0 saturated heterocycles. The molecule has 0 aliphatic heterocycles. The minimum absolute atomic E-state index is 0.00874. The monoisotopic (exact) mass is 332 g/mol. The van der Waals surface area contributed by atoms with E-state index >= 15 is 0 Å². The maximum atomic E-state index is 11.8. The number of para-hydroxylation sites is 1. The SMILES string of the molecule is CC(=O)c1ccccc1NC(=O)COC(=O)c1cc(Cl)ccn1. The second-order valence-corrected chi connectivity index (χ2v) is 5.02. The van der Waals surface area contributed by atoms with E-state index in [-0.39, 0.29) is 11.5 Å². The highest BCUT2D eigenvalue weighted by atomic mass is 35.5. The average Bonchev–Trinajstić information content (AvgIpc) is 2.53. The lowest BCUT2D eigenvalue weighted by atomic mass is 10.1. The first kappa shape index (κ1) is 16.6. The summed E-state index contributed by atoms with van der Waals surface area (Å²) in [5, 5.41) is 2.87. The molecule has 2 rings (SSSR count). The summed E-state index contributed by atoms with van der Waals surface area (Å²) in [5.41, 5.74) is 0.750. The molecule has 1 N–H and O–H groups in total. The third-order valence-corrected chi connectivity index (χ3v) is 3.08. The zero-order valence-corrected chi connectivity index (χ0v) is 13.0. The van der Waals surface area contributed by atoms with E-state index in [1.807, 2.05) is 0 Å². The zero-order chi connectivity index (χ0) is 16.8. The van der Waals surface area contributed by atoms with E-state index in [2.05, 4.69) is 10.3 Å². The highest BCUT2D eigenvalue weighted by Crippen LogP contribution is 2.15. The molecule has 0 spiro atoms. The summed E-state index contributed by atoms with van der Waals surface area (Å²) in [5.74, 6) is -1.50. The molecule has 7 heteroatoms. The molecular formula is C16H13ClN2O4. The summed E-state index contributed by atoms with van der Waals surface area (Å²) in [6.45, 7) is 0.898. The van der Waals surface area contributed by atoms with Crippen molar-refractivity contribution in [1.82, 2.24) is 4.98 Å². The maximum Gasteiger partial charge on any atom is 0.357 e. The third-order valence-electron chi connectivity index (χ3n) is 2.85. The number of Topliss-reactive ketones (excluding diaryl/α,β-unsaturated/α-hetero) is 1. The van der Waals surface area contributed by atoms with Crippen LogP contribution >= 0.6 is 11.6 Å². The fourth-order valence-electron chi connectivity index (χ4n) is 1.81. The van der Waals surface area contributed by atoms with Crippen LogP contribution in [0.1, 0.15) is 27.8 Å². The van der Waals surface area contributed by atoms with Crippen molar-refractivity contribution in [2.75, 3.05) is 11.9 Å². The number of rotatable bonds is 5. The molecular weight excluding hydrogens is 320 g/mol. The van der Waals surface area contributed by atoms with Crippen LogP contribution in [-0.2, 0) is 9.53 Å². The molecule has 1 aromatic carbocycles. The molecule has 118 valence electrons. The topological polar surface area (TPSA) is 85.4 Å². The molecule has 23 heavy (non-hydrogen) atoms. The van der Waals surface area contributed by atoms with Gasteiger partial charge in [0.2, 0.25) is 0 Å². The van der Waals surface area contributed by atoms with Gasteiger partial charge in [0.1, 0.15) is 5.69 Å². The van der Waals surface area contributed by atoms with Crippen molar-refractivity contribution in [2.24, 2.45) is 0 Å².